The van der Waals surface area contributed by atoms with Crippen molar-refractivity contribution in [3.8, 4) is 0 Å². The predicted molar refractivity (Wildman–Crippen MR) is 47.4 cm³/mol. The van der Waals surface area contributed by atoms with E-state index in [1.807, 2.05) is 0 Å². The zero-order valence-electron chi connectivity index (χ0n) is 8.36. The van der Waals surface area contributed by atoms with E-state index in [-0.39, 0.29) is 5.41 Å². The molecule has 1 saturated carbocycles. The summed E-state index contributed by atoms with van der Waals surface area (Å²) in [5, 5.41) is 10.1. The Labute approximate surface area is 69.8 Å². The molecular formula is C10H20O. The van der Waals surface area contributed by atoms with Crippen LogP contribution < -0.4 is 0 Å². The fraction of sp³-hybridized carbons (Fsp3) is 1.00. The summed E-state index contributed by atoms with van der Waals surface area (Å²) < 4.78 is 0. The molecule has 0 radical (unpaired) electrons. The second kappa shape index (κ2) is 2.01. The molecule has 0 amide bonds. The monoisotopic (exact) mass is 156 g/mol. The molecule has 1 aliphatic rings. The maximum absolute atomic E-state index is 10.1. The van der Waals surface area contributed by atoms with Crippen molar-refractivity contribution in [2.24, 2.45) is 10.8 Å². The van der Waals surface area contributed by atoms with Gasteiger partial charge in [0.15, 0.2) is 0 Å². The number of aliphatic hydroxyl groups is 1. The van der Waals surface area contributed by atoms with Gasteiger partial charge >= 0.3 is 0 Å². The Hall–Kier alpha value is -0.0400. The van der Waals surface area contributed by atoms with E-state index >= 15 is 0 Å². The number of hydrogen-bond acceptors (Lipinski definition) is 1. The number of hydrogen-bond donors (Lipinski definition) is 1. The second-order valence-corrected chi connectivity index (χ2v) is 5.80. The van der Waals surface area contributed by atoms with Gasteiger partial charge < -0.3 is 5.11 Å². The van der Waals surface area contributed by atoms with Crippen LogP contribution in [0.15, 0.2) is 0 Å². The van der Waals surface area contributed by atoms with Gasteiger partial charge in [-0.1, -0.05) is 34.6 Å². The molecule has 0 saturated heterocycles. The molecule has 0 aromatic rings. The minimum atomic E-state index is -0.406. The summed E-state index contributed by atoms with van der Waals surface area (Å²) >= 11 is 0. The molecule has 1 N–H and O–H groups in total. The van der Waals surface area contributed by atoms with Crippen LogP contribution in [0.3, 0.4) is 0 Å². The molecule has 0 aromatic heterocycles. The van der Waals surface area contributed by atoms with Crippen molar-refractivity contribution in [1.29, 1.82) is 0 Å². The Balaban J connectivity index is 2.64. The Morgan fingerprint density at radius 3 is 1.55 bits per heavy atom. The van der Waals surface area contributed by atoms with Crippen molar-refractivity contribution in [1.82, 2.24) is 0 Å². The van der Waals surface area contributed by atoms with Crippen molar-refractivity contribution in [2.45, 2.75) is 53.1 Å². The summed E-state index contributed by atoms with van der Waals surface area (Å²) in [6, 6.07) is 0. The minimum absolute atomic E-state index is 0.0442. The van der Waals surface area contributed by atoms with Gasteiger partial charge in [-0.3, -0.25) is 0 Å². The molecule has 0 unspecified atom stereocenters. The third-order valence-electron chi connectivity index (χ3n) is 2.94. The second-order valence-electron chi connectivity index (χ2n) is 5.80. The van der Waals surface area contributed by atoms with Crippen molar-refractivity contribution in [3.63, 3.8) is 0 Å². The average Bonchev–Trinajstić information content (AvgIpc) is 1.55. The lowest BCUT2D eigenvalue weighted by Gasteiger charge is -2.56. The number of rotatable bonds is 0. The summed E-state index contributed by atoms with van der Waals surface area (Å²) in [5.74, 6) is 0. The normalized spacial score (nSPS) is 27.8. The predicted octanol–water partition coefficient (Wildman–Crippen LogP) is 2.58. The molecule has 0 atom stereocenters. The Morgan fingerprint density at radius 1 is 1.09 bits per heavy atom. The van der Waals surface area contributed by atoms with E-state index in [0.717, 1.165) is 12.8 Å². The SMILES string of the molecule is CC1(C)CC(O)(C(C)(C)C)C1. The highest BCUT2D eigenvalue weighted by atomic mass is 16.3. The molecule has 0 aromatic carbocycles. The van der Waals surface area contributed by atoms with Gasteiger partial charge in [-0.15, -0.1) is 0 Å². The lowest BCUT2D eigenvalue weighted by molar-refractivity contribution is -0.177. The van der Waals surface area contributed by atoms with Crippen LogP contribution in [0, 0.1) is 10.8 Å². The largest absolute Gasteiger partial charge is 0.389 e. The summed E-state index contributed by atoms with van der Waals surface area (Å²) in [7, 11) is 0. The first-order chi connectivity index (χ1) is 4.66. The highest BCUT2D eigenvalue weighted by Crippen LogP contribution is 2.55. The Kier molecular flexibility index (Phi) is 1.65. The molecule has 66 valence electrons. The molecule has 0 aliphatic heterocycles. The average molecular weight is 156 g/mol. The van der Waals surface area contributed by atoms with Gasteiger partial charge in [-0.05, 0) is 23.7 Å². The van der Waals surface area contributed by atoms with E-state index < -0.39 is 5.60 Å². The van der Waals surface area contributed by atoms with Gasteiger partial charge in [0.25, 0.3) is 0 Å². The quantitative estimate of drug-likeness (QED) is 0.571. The van der Waals surface area contributed by atoms with Gasteiger partial charge in [0.05, 0.1) is 5.60 Å². The first-order valence-electron chi connectivity index (χ1n) is 4.39. The van der Waals surface area contributed by atoms with E-state index in [0.29, 0.717) is 5.41 Å². The third-order valence-corrected chi connectivity index (χ3v) is 2.94. The van der Waals surface area contributed by atoms with Crippen molar-refractivity contribution in [2.75, 3.05) is 0 Å². The summed E-state index contributed by atoms with van der Waals surface area (Å²) in [4.78, 5) is 0. The molecule has 0 spiro atoms. The van der Waals surface area contributed by atoms with Crippen molar-refractivity contribution in [3.05, 3.63) is 0 Å². The molecular weight excluding hydrogens is 136 g/mol. The first kappa shape index (κ1) is 9.05. The van der Waals surface area contributed by atoms with Crippen LogP contribution in [-0.2, 0) is 0 Å². The Morgan fingerprint density at radius 2 is 1.45 bits per heavy atom. The molecule has 1 aliphatic carbocycles. The molecule has 0 heterocycles. The van der Waals surface area contributed by atoms with Gasteiger partial charge in [0.2, 0.25) is 0 Å². The first-order valence-corrected chi connectivity index (χ1v) is 4.39. The standard InChI is InChI=1S/C10H20O/c1-8(2,3)10(11)6-9(4,5)7-10/h11H,6-7H2,1-5H3. The van der Waals surface area contributed by atoms with Crippen LogP contribution in [0.25, 0.3) is 0 Å². The van der Waals surface area contributed by atoms with Crippen LogP contribution in [0.4, 0.5) is 0 Å². The molecule has 0 bridgehead atoms. The zero-order chi connectivity index (χ0) is 8.91. The smallest absolute Gasteiger partial charge is 0.0706 e. The highest BCUT2D eigenvalue weighted by molar-refractivity contribution is 5.05. The summed E-state index contributed by atoms with van der Waals surface area (Å²) in [6.45, 7) is 10.8. The van der Waals surface area contributed by atoms with E-state index in [4.69, 9.17) is 0 Å². The maximum Gasteiger partial charge on any atom is 0.0706 e. The van der Waals surface area contributed by atoms with Crippen LogP contribution in [-0.4, -0.2) is 10.7 Å². The summed E-state index contributed by atoms with van der Waals surface area (Å²) in [5.41, 5.74) is 0.00104. The van der Waals surface area contributed by atoms with Crippen molar-refractivity contribution < 1.29 is 5.11 Å². The van der Waals surface area contributed by atoms with Crippen LogP contribution in [0.2, 0.25) is 0 Å². The lowest BCUT2D eigenvalue weighted by Crippen LogP contribution is -2.56. The van der Waals surface area contributed by atoms with Gasteiger partial charge in [0, 0.05) is 0 Å². The van der Waals surface area contributed by atoms with Gasteiger partial charge in [-0.25, -0.2) is 0 Å². The minimum Gasteiger partial charge on any atom is -0.389 e. The van der Waals surface area contributed by atoms with E-state index in [2.05, 4.69) is 34.6 Å². The van der Waals surface area contributed by atoms with Crippen LogP contribution in [0.1, 0.15) is 47.5 Å². The van der Waals surface area contributed by atoms with Gasteiger partial charge in [-0.2, -0.15) is 0 Å². The van der Waals surface area contributed by atoms with E-state index in [1.54, 1.807) is 0 Å². The fourth-order valence-corrected chi connectivity index (χ4v) is 2.06. The topological polar surface area (TPSA) is 20.2 Å². The Bertz CT molecular complexity index is 154. The molecule has 11 heavy (non-hydrogen) atoms. The van der Waals surface area contributed by atoms with Gasteiger partial charge in [0.1, 0.15) is 0 Å². The fourth-order valence-electron chi connectivity index (χ4n) is 2.06. The van der Waals surface area contributed by atoms with Crippen LogP contribution in [0.5, 0.6) is 0 Å². The molecule has 1 fully saturated rings. The third kappa shape index (κ3) is 1.44. The lowest BCUT2D eigenvalue weighted by atomic mass is 9.53. The molecule has 1 rings (SSSR count). The molecule has 1 nitrogen and oxygen atoms in total. The summed E-state index contributed by atoms with van der Waals surface area (Å²) in [6.07, 6.45) is 1.90. The van der Waals surface area contributed by atoms with E-state index in [9.17, 15) is 5.11 Å². The maximum atomic E-state index is 10.1. The van der Waals surface area contributed by atoms with Crippen molar-refractivity contribution >= 4 is 0 Å². The zero-order valence-corrected chi connectivity index (χ0v) is 8.36. The molecule has 1 heteroatoms. The highest BCUT2D eigenvalue weighted by Gasteiger charge is 2.54. The van der Waals surface area contributed by atoms with E-state index in [1.165, 1.54) is 0 Å². The van der Waals surface area contributed by atoms with Crippen LogP contribution >= 0.6 is 0 Å².